The van der Waals surface area contributed by atoms with Crippen LogP contribution in [-0.2, 0) is 9.59 Å². The lowest BCUT2D eigenvalue weighted by Gasteiger charge is -2.22. The van der Waals surface area contributed by atoms with Gasteiger partial charge in [0, 0.05) is 12.1 Å². The molecule has 1 saturated heterocycles. The molecule has 2 atom stereocenters. The summed E-state index contributed by atoms with van der Waals surface area (Å²) in [5, 5.41) is 5.90. The molecular formula is C27H26N4O5. The number of benzene rings is 2. The monoisotopic (exact) mass is 486 g/mol. The third kappa shape index (κ3) is 4.13. The molecule has 0 radical (unpaired) electrons. The van der Waals surface area contributed by atoms with Gasteiger partial charge >= 0.3 is 6.03 Å². The number of carbonyl (C=O) groups excluding carboxylic acids is 3. The molecule has 0 saturated carbocycles. The Morgan fingerprint density at radius 2 is 1.81 bits per heavy atom. The van der Waals surface area contributed by atoms with E-state index in [1.54, 1.807) is 38.3 Å². The van der Waals surface area contributed by atoms with Crippen molar-refractivity contribution < 1.29 is 23.5 Å². The van der Waals surface area contributed by atoms with Gasteiger partial charge in [-0.3, -0.25) is 19.4 Å². The summed E-state index contributed by atoms with van der Waals surface area (Å²) in [5.74, 6) is 0.386. The SMILES string of the molecule is COc1ccc(C2=NN(C(=O)CN3C(=O)[C@H](C)N(c4ccc(C)cc4)C3=O)[C@H](c3ccco3)C2)cc1. The van der Waals surface area contributed by atoms with Gasteiger partial charge in [0.25, 0.3) is 11.8 Å². The quantitative estimate of drug-likeness (QED) is 0.488. The van der Waals surface area contributed by atoms with Crippen molar-refractivity contribution in [3.63, 3.8) is 0 Å². The first-order chi connectivity index (χ1) is 17.4. The van der Waals surface area contributed by atoms with Crippen LogP contribution in [0.5, 0.6) is 5.75 Å². The maximum absolute atomic E-state index is 13.5. The average Bonchev–Trinajstić information content (AvgIpc) is 3.62. The molecule has 2 aliphatic heterocycles. The van der Waals surface area contributed by atoms with Crippen LogP contribution in [0.4, 0.5) is 10.5 Å². The fourth-order valence-electron chi connectivity index (χ4n) is 4.52. The molecule has 1 aromatic heterocycles. The number of ether oxygens (including phenoxy) is 1. The van der Waals surface area contributed by atoms with E-state index >= 15 is 0 Å². The minimum Gasteiger partial charge on any atom is -0.497 e. The van der Waals surface area contributed by atoms with Crippen LogP contribution in [0, 0.1) is 6.92 Å². The maximum Gasteiger partial charge on any atom is 0.332 e. The van der Waals surface area contributed by atoms with Crippen molar-refractivity contribution in [2.45, 2.75) is 32.4 Å². The van der Waals surface area contributed by atoms with E-state index in [4.69, 9.17) is 9.15 Å². The predicted octanol–water partition coefficient (Wildman–Crippen LogP) is 4.13. The normalized spacial score (nSPS) is 19.8. The Morgan fingerprint density at radius 3 is 2.44 bits per heavy atom. The third-order valence-electron chi connectivity index (χ3n) is 6.51. The Hall–Kier alpha value is -4.40. The first-order valence-electron chi connectivity index (χ1n) is 11.7. The zero-order valence-electron chi connectivity index (χ0n) is 20.2. The molecule has 2 aliphatic rings. The van der Waals surface area contributed by atoms with Crippen LogP contribution in [0.2, 0.25) is 0 Å². The van der Waals surface area contributed by atoms with Crippen LogP contribution >= 0.6 is 0 Å². The van der Waals surface area contributed by atoms with Crippen molar-refractivity contribution in [2.24, 2.45) is 5.10 Å². The number of anilines is 1. The van der Waals surface area contributed by atoms with E-state index in [0.717, 1.165) is 16.0 Å². The highest BCUT2D eigenvalue weighted by atomic mass is 16.5. The molecule has 1 fully saturated rings. The highest BCUT2D eigenvalue weighted by Crippen LogP contribution is 2.34. The number of rotatable bonds is 6. The Balaban J connectivity index is 1.40. The van der Waals surface area contributed by atoms with Gasteiger partial charge in [0.05, 0.1) is 19.1 Å². The van der Waals surface area contributed by atoms with E-state index in [-0.39, 0.29) is 0 Å². The van der Waals surface area contributed by atoms with Gasteiger partial charge in [0.15, 0.2) is 0 Å². The molecule has 4 amide bonds. The molecule has 0 aliphatic carbocycles. The molecule has 9 heteroatoms. The Morgan fingerprint density at radius 1 is 1.08 bits per heavy atom. The van der Waals surface area contributed by atoms with Crippen molar-refractivity contribution in [3.8, 4) is 5.75 Å². The Kier molecular flexibility index (Phi) is 6.05. The predicted molar refractivity (Wildman–Crippen MR) is 133 cm³/mol. The van der Waals surface area contributed by atoms with E-state index in [2.05, 4.69) is 5.10 Å². The van der Waals surface area contributed by atoms with E-state index in [1.807, 2.05) is 43.3 Å². The lowest BCUT2D eigenvalue weighted by molar-refractivity contribution is -0.138. The molecule has 184 valence electrons. The molecule has 0 bridgehead atoms. The molecule has 0 unspecified atom stereocenters. The number of methoxy groups -OCH3 is 1. The first-order valence-corrected chi connectivity index (χ1v) is 11.7. The number of aryl methyl sites for hydroxylation is 1. The molecule has 5 rings (SSSR count). The molecular weight excluding hydrogens is 460 g/mol. The maximum atomic E-state index is 13.5. The van der Waals surface area contributed by atoms with Gasteiger partial charge in [-0.15, -0.1) is 0 Å². The lowest BCUT2D eigenvalue weighted by atomic mass is 10.0. The van der Waals surface area contributed by atoms with E-state index in [1.165, 1.54) is 16.2 Å². The summed E-state index contributed by atoms with van der Waals surface area (Å²) in [6, 6.07) is 16.5. The summed E-state index contributed by atoms with van der Waals surface area (Å²) in [5.41, 5.74) is 3.19. The molecule has 0 N–H and O–H groups in total. The minimum absolute atomic E-state index is 0.416. The standard InChI is InChI=1S/C27H26N4O5/c1-17-6-10-20(11-7-17)30-18(2)26(33)29(27(30)34)16-25(32)31-23(24-5-4-14-36-24)15-22(28-31)19-8-12-21(35-3)13-9-19/h4-14,18,23H,15-16H2,1-3H3/t18-,23-/m0/s1. The molecule has 3 aromatic rings. The van der Waals surface area contributed by atoms with E-state index in [9.17, 15) is 14.4 Å². The topological polar surface area (TPSA) is 95.7 Å². The second kappa shape index (κ2) is 9.33. The van der Waals surface area contributed by atoms with Crippen LogP contribution in [-0.4, -0.2) is 53.2 Å². The van der Waals surface area contributed by atoms with Gasteiger partial charge in [-0.05, 0) is 67.9 Å². The number of nitrogens with zero attached hydrogens (tertiary/aromatic N) is 4. The molecule has 2 aromatic carbocycles. The van der Waals surface area contributed by atoms with Gasteiger partial charge in [-0.2, -0.15) is 5.10 Å². The van der Waals surface area contributed by atoms with Gasteiger partial charge in [-0.1, -0.05) is 17.7 Å². The molecule has 0 spiro atoms. The fourth-order valence-corrected chi connectivity index (χ4v) is 4.52. The summed E-state index contributed by atoms with van der Waals surface area (Å²) in [6.07, 6.45) is 1.97. The van der Waals surface area contributed by atoms with Crippen LogP contribution in [0.1, 0.15) is 36.3 Å². The molecule has 36 heavy (non-hydrogen) atoms. The Labute approximate surface area is 208 Å². The number of imide groups is 1. The first kappa shape index (κ1) is 23.3. The van der Waals surface area contributed by atoms with Crippen molar-refractivity contribution in [3.05, 3.63) is 83.8 Å². The lowest BCUT2D eigenvalue weighted by Crippen LogP contribution is -2.42. The molecule has 3 heterocycles. The van der Waals surface area contributed by atoms with Crippen molar-refractivity contribution in [2.75, 3.05) is 18.6 Å². The molecule has 9 nitrogen and oxygen atoms in total. The zero-order chi connectivity index (χ0) is 25.4. The van der Waals surface area contributed by atoms with Crippen molar-refractivity contribution >= 4 is 29.2 Å². The average molecular weight is 487 g/mol. The minimum atomic E-state index is -0.717. The summed E-state index contributed by atoms with van der Waals surface area (Å²) in [4.78, 5) is 42.1. The van der Waals surface area contributed by atoms with E-state index < -0.39 is 36.5 Å². The summed E-state index contributed by atoms with van der Waals surface area (Å²) in [7, 11) is 1.59. The van der Waals surface area contributed by atoms with Crippen molar-refractivity contribution in [1.29, 1.82) is 0 Å². The second-order valence-corrected chi connectivity index (χ2v) is 8.84. The third-order valence-corrected chi connectivity index (χ3v) is 6.51. The van der Waals surface area contributed by atoms with Crippen LogP contribution in [0.25, 0.3) is 0 Å². The Bertz CT molecular complexity index is 1320. The number of urea groups is 1. The van der Waals surface area contributed by atoms with E-state index in [0.29, 0.717) is 29.3 Å². The number of furan rings is 1. The number of amides is 4. The van der Waals surface area contributed by atoms with Crippen LogP contribution in [0.15, 0.2) is 76.4 Å². The number of hydrazone groups is 1. The summed E-state index contributed by atoms with van der Waals surface area (Å²) in [6.45, 7) is 3.19. The number of hydrogen-bond donors (Lipinski definition) is 0. The van der Waals surface area contributed by atoms with Gasteiger partial charge < -0.3 is 9.15 Å². The zero-order valence-corrected chi connectivity index (χ0v) is 20.2. The number of carbonyl (C=O) groups is 3. The fraction of sp³-hybridized carbons (Fsp3) is 0.259. The van der Waals surface area contributed by atoms with Gasteiger partial charge in [0.1, 0.15) is 30.1 Å². The smallest absolute Gasteiger partial charge is 0.332 e. The van der Waals surface area contributed by atoms with Crippen LogP contribution < -0.4 is 9.64 Å². The van der Waals surface area contributed by atoms with Crippen LogP contribution in [0.3, 0.4) is 0 Å². The summed E-state index contributed by atoms with van der Waals surface area (Å²) < 4.78 is 10.8. The second-order valence-electron chi connectivity index (χ2n) is 8.84. The highest BCUT2D eigenvalue weighted by molar-refractivity contribution is 6.15. The van der Waals surface area contributed by atoms with Gasteiger partial charge in [-0.25, -0.2) is 9.80 Å². The van der Waals surface area contributed by atoms with Crippen molar-refractivity contribution in [1.82, 2.24) is 9.91 Å². The number of hydrogen-bond acceptors (Lipinski definition) is 6. The largest absolute Gasteiger partial charge is 0.497 e. The van der Waals surface area contributed by atoms with Gasteiger partial charge in [0.2, 0.25) is 0 Å². The summed E-state index contributed by atoms with van der Waals surface area (Å²) >= 11 is 0. The highest BCUT2D eigenvalue weighted by Gasteiger charge is 2.45.